The largest absolute Gasteiger partial charge is 0.497 e. The van der Waals surface area contributed by atoms with E-state index in [2.05, 4.69) is 5.32 Å². The van der Waals surface area contributed by atoms with Gasteiger partial charge in [0.1, 0.15) is 11.5 Å². The predicted molar refractivity (Wildman–Crippen MR) is 87.7 cm³/mol. The molecule has 2 aromatic carbocycles. The Hall–Kier alpha value is -2.75. The zero-order valence-electron chi connectivity index (χ0n) is 12.7. The number of carbonyl (C=O) groups excluding carboxylic acids is 1. The van der Waals surface area contributed by atoms with E-state index in [4.69, 9.17) is 9.47 Å². The van der Waals surface area contributed by atoms with Crippen LogP contribution in [0.5, 0.6) is 11.5 Å². The summed E-state index contributed by atoms with van der Waals surface area (Å²) in [5, 5.41) is 3.06. The van der Waals surface area contributed by atoms with E-state index in [9.17, 15) is 4.79 Å². The molecule has 4 heteroatoms. The molecule has 4 nitrogen and oxygen atoms in total. The third-order valence-corrected chi connectivity index (χ3v) is 3.02. The molecule has 1 N–H and O–H groups in total. The lowest BCUT2D eigenvalue weighted by atomic mass is 10.1. The minimum absolute atomic E-state index is 0.0684. The maximum Gasteiger partial charge on any atom is 0.187 e. The quantitative estimate of drug-likeness (QED) is 0.622. The number of benzene rings is 2. The third kappa shape index (κ3) is 4.38. The van der Waals surface area contributed by atoms with Crippen molar-refractivity contribution >= 4 is 11.5 Å². The molecule has 0 unspecified atom stereocenters. The highest BCUT2D eigenvalue weighted by molar-refractivity contribution is 6.04. The predicted octanol–water partition coefficient (Wildman–Crippen LogP) is 3.90. The van der Waals surface area contributed by atoms with Crippen molar-refractivity contribution < 1.29 is 14.3 Å². The van der Waals surface area contributed by atoms with E-state index in [1.165, 1.54) is 6.08 Å². The number of rotatable bonds is 7. The molecule has 0 saturated carbocycles. The number of ether oxygens (including phenoxy) is 2. The average Bonchev–Trinajstić information content (AvgIpc) is 2.56. The smallest absolute Gasteiger partial charge is 0.187 e. The lowest BCUT2D eigenvalue weighted by molar-refractivity contribution is 0.104. The van der Waals surface area contributed by atoms with Crippen LogP contribution in [0, 0.1) is 0 Å². The Balaban J connectivity index is 1.91. The van der Waals surface area contributed by atoms with E-state index in [0.717, 1.165) is 17.2 Å². The maximum absolute atomic E-state index is 12.0. The van der Waals surface area contributed by atoms with Crippen molar-refractivity contribution in [3.8, 4) is 11.5 Å². The van der Waals surface area contributed by atoms with Crippen molar-refractivity contribution in [2.24, 2.45) is 0 Å². The van der Waals surface area contributed by atoms with Crippen molar-refractivity contribution in [3.05, 3.63) is 66.4 Å². The van der Waals surface area contributed by atoms with E-state index >= 15 is 0 Å². The molecule has 2 aromatic rings. The molecule has 0 aliphatic carbocycles. The fourth-order valence-electron chi connectivity index (χ4n) is 1.88. The van der Waals surface area contributed by atoms with Gasteiger partial charge >= 0.3 is 0 Å². The van der Waals surface area contributed by atoms with E-state index in [-0.39, 0.29) is 5.78 Å². The molecule has 0 atom stereocenters. The molecule has 114 valence electrons. The molecule has 0 heterocycles. The van der Waals surface area contributed by atoms with Crippen LogP contribution >= 0.6 is 0 Å². The molecule has 0 fully saturated rings. The Bertz CT molecular complexity index is 630. The molecule has 0 aliphatic rings. The lowest BCUT2D eigenvalue weighted by Gasteiger charge is -2.04. The minimum Gasteiger partial charge on any atom is -0.497 e. The van der Waals surface area contributed by atoms with Gasteiger partial charge < -0.3 is 14.8 Å². The third-order valence-electron chi connectivity index (χ3n) is 3.02. The van der Waals surface area contributed by atoms with Gasteiger partial charge in [-0.05, 0) is 55.5 Å². The van der Waals surface area contributed by atoms with Gasteiger partial charge in [-0.3, -0.25) is 4.79 Å². The van der Waals surface area contributed by atoms with Gasteiger partial charge in [0.05, 0.1) is 13.7 Å². The number of hydrogen-bond donors (Lipinski definition) is 1. The SMILES string of the molecule is CCOc1ccc(N/C=C\C(=O)c2ccc(OC)cc2)cc1. The summed E-state index contributed by atoms with van der Waals surface area (Å²) in [7, 11) is 1.59. The highest BCUT2D eigenvalue weighted by Gasteiger charge is 2.01. The number of ketones is 1. The molecule has 2 rings (SSSR count). The van der Waals surface area contributed by atoms with Gasteiger partial charge in [-0.25, -0.2) is 0 Å². The first-order valence-corrected chi connectivity index (χ1v) is 7.07. The number of methoxy groups -OCH3 is 1. The molecule has 0 aliphatic heterocycles. The van der Waals surface area contributed by atoms with Crippen molar-refractivity contribution in [2.75, 3.05) is 19.0 Å². The van der Waals surface area contributed by atoms with Crippen molar-refractivity contribution in [2.45, 2.75) is 6.92 Å². The summed E-state index contributed by atoms with van der Waals surface area (Å²) in [6.45, 7) is 2.59. The number of anilines is 1. The van der Waals surface area contributed by atoms with Crippen LogP contribution in [-0.2, 0) is 0 Å². The molecule has 0 spiro atoms. The van der Waals surface area contributed by atoms with Crippen LogP contribution in [-0.4, -0.2) is 19.5 Å². The van der Waals surface area contributed by atoms with Gasteiger partial charge in [0.25, 0.3) is 0 Å². The highest BCUT2D eigenvalue weighted by atomic mass is 16.5. The number of nitrogens with one attached hydrogen (secondary N) is 1. The second-order valence-electron chi connectivity index (χ2n) is 4.53. The Morgan fingerprint density at radius 3 is 2.27 bits per heavy atom. The average molecular weight is 297 g/mol. The summed E-state index contributed by atoms with van der Waals surface area (Å²) in [4.78, 5) is 12.0. The summed E-state index contributed by atoms with van der Waals surface area (Å²) < 4.78 is 10.4. The first-order chi connectivity index (χ1) is 10.7. The van der Waals surface area contributed by atoms with Crippen LogP contribution in [0.3, 0.4) is 0 Å². The first kappa shape index (κ1) is 15.6. The topological polar surface area (TPSA) is 47.6 Å². The van der Waals surface area contributed by atoms with Crippen LogP contribution in [0.2, 0.25) is 0 Å². The van der Waals surface area contributed by atoms with Crippen LogP contribution in [0.25, 0.3) is 0 Å². The monoisotopic (exact) mass is 297 g/mol. The fourth-order valence-corrected chi connectivity index (χ4v) is 1.88. The fraction of sp³-hybridized carbons (Fsp3) is 0.167. The van der Waals surface area contributed by atoms with Crippen molar-refractivity contribution in [1.29, 1.82) is 0 Å². The molecule has 0 aromatic heterocycles. The molecule has 22 heavy (non-hydrogen) atoms. The van der Waals surface area contributed by atoms with E-state index in [0.29, 0.717) is 12.2 Å². The Kier molecular flexibility index (Phi) is 5.60. The molecule has 0 amide bonds. The van der Waals surface area contributed by atoms with Crippen molar-refractivity contribution in [1.82, 2.24) is 0 Å². The Morgan fingerprint density at radius 2 is 1.68 bits per heavy atom. The summed E-state index contributed by atoms with van der Waals surface area (Å²) in [5.74, 6) is 1.49. The summed E-state index contributed by atoms with van der Waals surface area (Å²) in [6, 6.07) is 14.6. The first-order valence-electron chi connectivity index (χ1n) is 7.07. The van der Waals surface area contributed by atoms with Gasteiger partial charge in [0.2, 0.25) is 0 Å². The van der Waals surface area contributed by atoms with E-state index in [1.807, 2.05) is 31.2 Å². The summed E-state index contributed by atoms with van der Waals surface area (Å²) in [6.07, 6.45) is 3.13. The minimum atomic E-state index is -0.0684. The maximum atomic E-state index is 12.0. The van der Waals surface area contributed by atoms with Crippen LogP contribution in [0.1, 0.15) is 17.3 Å². The van der Waals surface area contributed by atoms with Crippen LogP contribution in [0.15, 0.2) is 60.8 Å². The second-order valence-corrected chi connectivity index (χ2v) is 4.53. The zero-order valence-corrected chi connectivity index (χ0v) is 12.7. The van der Waals surface area contributed by atoms with E-state index < -0.39 is 0 Å². The van der Waals surface area contributed by atoms with Gasteiger partial charge in [-0.1, -0.05) is 0 Å². The molecule has 0 bridgehead atoms. The number of allylic oxidation sites excluding steroid dienone is 1. The van der Waals surface area contributed by atoms with Gasteiger partial charge in [0.15, 0.2) is 5.78 Å². The Morgan fingerprint density at radius 1 is 1.05 bits per heavy atom. The standard InChI is InChI=1S/C18H19NO3/c1-3-22-17-10-6-15(7-11-17)19-13-12-18(20)14-4-8-16(21-2)9-5-14/h4-13,19H,3H2,1-2H3/b13-12-. The number of carbonyl (C=O) groups is 1. The van der Waals surface area contributed by atoms with Gasteiger partial charge in [0, 0.05) is 23.5 Å². The van der Waals surface area contributed by atoms with Crippen LogP contribution in [0.4, 0.5) is 5.69 Å². The lowest BCUT2D eigenvalue weighted by Crippen LogP contribution is -1.96. The number of hydrogen-bond acceptors (Lipinski definition) is 4. The molecular weight excluding hydrogens is 278 g/mol. The Labute approximate surface area is 130 Å². The van der Waals surface area contributed by atoms with Crippen LogP contribution < -0.4 is 14.8 Å². The summed E-state index contributed by atoms with van der Waals surface area (Å²) in [5.41, 5.74) is 1.51. The second kappa shape index (κ2) is 7.88. The summed E-state index contributed by atoms with van der Waals surface area (Å²) >= 11 is 0. The van der Waals surface area contributed by atoms with Gasteiger partial charge in [-0.2, -0.15) is 0 Å². The molecule has 0 saturated heterocycles. The molecule has 0 radical (unpaired) electrons. The zero-order chi connectivity index (χ0) is 15.8. The molecular formula is C18H19NO3. The van der Waals surface area contributed by atoms with Crippen molar-refractivity contribution in [3.63, 3.8) is 0 Å². The highest BCUT2D eigenvalue weighted by Crippen LogP contribution is 2.16. The van der Waals surface area contributed by atoms with E-state index in [1.54, 1.807) is 37.6 Å². The van der Waals surface area contributed by atoms with Gasteiger partial charge in [-0.15, -0.1) is 0 Å². The normalized spacial score (nSPS) is 10.5.